The maximum Gasteiger partial charge on any atom is 0.243 e. The first-order valence-electron chi connectivity index (χ1n) is 11.1. The lowest BCUT2D eigenvalue weighted by Crippen LogP contribution is -2.46. The molecule has 3 heterocycles. The van der Waals surface area contributed by atoms with Crippen LogP contribution in [-0.4, -0.2) is 82.0 Å². The molecular formula is C23H36Cl3N5O2S. The molecule has 1 aromatic heterocycles. The van der Waals surface area contributed by atoms with Gasteiger partial charge in [0.1, 0.15) is 5.82 Å². The van der Waals surface area contributed by atoms with Crippen LogP contribution in [0.15, 0.2) is 41.4 Å². The maximum atomic E-state index is 13.0. The smallest absolute Gasteiger partial charge is 0.243 e. The summed E-state index contributed by atoms with van der Waals surface area (Å²) in [4.78, 5) is 9.68. The molecule has 0 saturated carbocycles. The zero-order valence-corrected chi connectivity index (χ0v) is 23.2. The highest BCUT2D eigenvalue weighted by molar-refractivity contribution is 7.89. The summed E-state index contributed by atoms with van der Waals surface area (Å²) < 4.78 is 27.6. The van der Waals surface area contributed by atoms with Crippen molar-refractivity contribution in [2.24, 2.45) is 0 Å². The minimum absolute atomic E-state index is 0. The summed E-state index contributed by atoms with van der Waals surface area (Å²) in [6.07, 6.45) is 1.91. The van der Waals surface area contributed by atoms with Crippen molar-refractivity contribution < 1.29 is 8.42 Å². The maximum absolute atomic E-state index is 13.0. The van der Waals surface area contributed by atoms with Crippen LogP contribution in [0.3, 0.4) is 0 Å². The van der Waals surface area contributed by atoms with Crippen molar-refractivity contribution in [1.82, 2.24) is 19.5 Å². The monoisotopic (exact) mass is 551 g/mol. The predicted octanol–water partition coefficient (Wildman–Crippen LogP) is 3.48. The summed E-state index contributed by atoms with van der Waals surface area (Å²) >= 11 is 0. The Morgan fingerprint density at radius 3 is 2.03 bits per heavy atom. The summed E-state index contributed by atoms with van der Waals surface area (Å²) in [7, 11) is -1.43. The minimum atomic E-state index is -3.45. The number of rotatable bonds is 5. The number of benzene rings is 1. The molecule has 2 aliphatic rings. The topological polar surface area (TPSA) is 68.8 Å². The van der Waals surface area contributed by atoms with Gasteiger partial charge in [-0.15, -0.1) is 37.2 Å². The van der Waals surface area contributed by atoms with E-state index < -0.39 is 10.0 Å². The first-order valence-corrected chi connectivity index (χ1v) is 12.5. The van der Waals surface area contributed by atoms with Crippen LogP contribution >= 0.6 is 37.2 Å². The number of piperazine rings is 2. The van der Waals surface area contributed by atoms with Crippen LogP contribution in [0, 0.1) is 0 Å². The Hall–Kier alpha value is -1.13. The second-order valence-electron chi connectivity index (χ2n) is 8.76. The number of aromatic nitrogens is 1. The molecular weight excluding hydrogens is 517 g/mol. The lowest BCUT2D eigenvalue weighted by molar-refractivity contribution is 0.222. The van der Waals surface area contributed by atoms with Gasteiger partial charge < -0.3 is 15.1 Å². The van der Waals surface area contributed by atoms with E-state index in [1.807, 2.05) is 25.4 Å². The molecule has 34 heavy (non-hydrogen) atoms. The number of nitrogens with zero attached hydrogens (tertiary/aromatic N) is 4. The number of likely N-dealkylation sites (N-methyl/N-ethyl adjacent to an activating group) is 1. The number of anilines is 1. The molecule has 0 amide bonds. The highest BCUT2D eigenvalue weighted by Crippen LogP contribution is 2.31. The lowest BCUT2D eigenvalue weighted by atomic mass is 9.98. The zero-order chi connectivity index (χ0) is 22.0. The normalized spacial score (nSPS) is 17.5. The summed E-state index contributed by atoms with van der Waals surface area (Å²) in [5, 5.41) is 3.39. The Morgan fingerprint density at radius 2 is 1.47 bits per heavy atom. The Bertz CT molecular complexity index is 1010. The van der Waals surface area contributed by atoms with Crippen molar-refractivity contribution in [3.8, 4) is 11.1 Å². The highest BCUT2D eigenvalue weighted by Gasteiger charge is 2.27. The molecule has 2 saturated heterocycles. The predicted molar refractivity (Wildman–Crippen MR) is 147 cm³/mol. The van der Waals surface area contributed by atoms with Crippen LogP contribution in [-0.2, 0) is 10.0 Å². The van der Waals surface area contributed by atoms with E-state index in [0.29, 0.717) is 23.9 Å². The Labute approximate surface area is 222 Å². The second kappa shape index (κ2) is 13.3. The summed E-state index contributed by atoms with van der Waals surface area (Å²) in [6, 6.07) is 9.45. The Kier molecular flexibility index (Phi) is 12.0. The van der Waals surface area contributed by atoms with E-state index in [1.165, 1.54) is 5.56 Å². The van der Waals surface area contributed by atoms with Crippen molar-refractivity contribution in [2.45, 2.75) is 24.7 Å². The van der Waals surface area contributed by atoms with Crippen LogP contribution < -0.4 is 10.2 Å². The molecule has 0 spiro atoms. The van der Waals surface area contributed by atoms with Gasteiger partial charge in [0.05, 0.1) is 4.90 Å². The second-order valence-corrected chi connectivity index (χ2v) is 10.7. The van der Waals surface area contributed by atoms with Crippen molar-refractivity contribution in [1.29, 1.82) is 0 Å². The molecule has 0 atom stereocenters. The number of hydrogen-bond donors (Lipinski definition) is 1. The zero-order valence-electron chi connectivity index (χ0n) is 19.9. The number of sulfonamides is 1. The van der Waals surface area contributed by atoms with Gasteiger partial charge in [0, 0.05) is 64.1 Å². The van der Waals surface area contributed by atoms with Gasteiger partial charge in [0.25, 0.3) is 0 Å². The lowest BCUT2D eigenvalue weighted by Gasteiger charge is -2.31. The molecule has 11 heteroatoms. The third kappa shape index (κ3) is 6.75. The fourth-order valence-electron chi connectivity index (χ4n) is 4.20. The van der Waals surface area contributed by atoms with E-state index in [1.54, 1.807) is 16.4 Å². The standard InChI is InChI=1S/C23H33N5O2S.3ClH/c1-18(2)22-16-20(17-25-23(22)27-10-8-24-9-11-27)19-4-6-21(7-5-19)31(29,30)28-14-12-26(3)13-15-28;;;/h4-7,16-18,24H,8-15H2,1-3H3;3*1H. The molecule has 4 rings (SSSR count). The quantitative estimate of drug-likeness (QED) is 0.613. The number of halogens is 3. The fraction of sp³-hybridized carbons (Fsp3) is 0.522. The molecule has 0 radical (unpaired) electrons. The summed E-state index contributed by atoms with van der Waals surface area (Å²) in [6.45, 7) is 10.9. The molecule has 2 aliphatic heterocycles. The first kappa shape index (κ1) is 30.9. The molecule has 1 aromatic carbocycles. The van der Waals surface area contributed by atoms with E-state index in [4.69, 9.17) is 4.98 Å². The molecule has 2 aromatic rings. The fourth-order valence-corrected chi connectivity index (χ4v) is 5.62. The van der Waals surface area contributed by atoms with E-state index in [-0.39, 0.29) is 37.2 Å². The molecule has 1 N–H and O–H groups in total. The van der Waals surface area contributed by atoms with E-state index in [0.717, 1.165) is 56.2 Å². The summed E-state index contributed by atoms with van der Waals surface area (Å²) in [5.74, 6) is 1.42. The van der Waals surface area contributed by atoms with Crippen LogP contribution in [0.1, 0.15) is 25.3 Å². The molecule has 0 bridgehead atoms. The van der Waals surface area contributed by atoms with E-state index in [9.17, 15) is 8.42 Å². The van der Waals surface area contributed by atoms with Gasteiger partial charge in [-0.25, -0.2) is 13.4 Å². The van der Waals surface area contributed by atoms with Crippen LogP contribution in [0.25, 0.3) is 11.1 Å². The SMILES string of the molecule is CC(C)c1cc(-c2ccc(S(=O)(=O)N3CCN(C)CC3)cc2)cnc1N1CCNCC1.Cl.Cl.Cl. The number of pyridine rings is 1. The van der Waals surface area contributed by atoms with Crippen molar-refractivity contribution in [3.05, 3.63) is 42.1 Å². The highest BCUT2D eigenvalue weighted by atomic mass is 35.5. The third-order valence-electron chi connectivity index (χ3n) is 6.22. The van der Waals surface area contributed by atoms with Gasteiger partial charge in [-0.2, -0.15) is 4.31 Å². The van der Waals surface area contributed by atoms with Crippen LogP contribution in [0.4, 0.5) is 5.82 Å². The minimum Gasteiger partial charge on any atom is -0.354 e. The Balaban J connectivity index is 0.00000193. The first-order chi connectivity index (χ1) is 14.9. The molecule has 2 fully saturated rings. The van der Waals surface area contributed by atoms with Gasteiger partial charge in [-0.3, -0.25) is 0 Å². The third-order valence-corrected chi connectivity index (χ3v) is 8.13. The molecule has 7 nitrogen and oxygen atoms in total. The van der Waals surface area contributed by atoms with Crippen molar-refractivity contribution in [2.75, 3.05) is 64.3 Å². The molecule has 0 unspecified atom stereocenters. The van der Waals surface area contributed by atoms with Crippen LogP contribution in [0.5, 0.6) is 0 Å². The number of hydrogen-bond acceptors (Lipinski definition) is 6. The van der Waals surface area contributed by atoms with Gasteiger partial charge >= 0.3 is 0 Å². The average Bonchev–Trinajstić information content (AvgIpc) is 2.79. The van der Waals surface area contributed by atoms with Gasteiger partial charge in [0.15, 0.2) is 0 Å². The van der Waals surface area contributed by atoms with Gasteiger partial charge in [-0.05, 0) is 42.3 Å². The van der Waals surface area contributed by atoms with E-state index >= 15 is 0 Å². The molecule has 192 valence electrons. The van der Waals surface area contributed by atoms with Crippen molar-refractivity contribution in [3.63, 3.8) is 0 Å². The van der Waals surface area contributed by atoms with Gasteiger partial charge in [-0.1, -0.05) is 26.0 Å². The van der Waals surface area contributed by atoms with Crippen LogP contribution in [0.2, 0.25) is 0 Å². The van der Waals surface area contributed by atoms with Gasteiger partial charge in [0.2, 0.25) is 10.0 Å². The average molecular weight is 553 g/mol. The number of nitrogens with one attached hydrogen (secondary N) is 1. The largest absolute Gasteiger partial charge is 0.354 e. The molecule has 0 aliphatic carbocycles. The van der Waals surface area contributed by atoms with Crippen molar-refractivity contribution >= 4 is 53.1 Å². The van der Waals surface area contributed by atoms with E-state index in [2.05, 4.69) is 35.0 Å². The summed E-state index contributed by atoms with van der Waals surface area (Å²) in [5.41, 5.74) is 3.23. The Morgan fingerprint density at radius 1 is 0.882 bits per heavy atom.